The monoisotopic (exact) mass is 228 g/mol. The minimum atomic E-state index is -0.937. The fraction of sp³-hybridized carbons (Fsp3) is 0.917. The van der Waals surface area contributed by atoms with Crippen molar-refractivity contribution in [1.82, 2.24) is 10.6 Å². The summed E-state index contributed by atoms with van der Waals surface area (Å²) in [5, 5.41) is 14.9. The summed E-state index contributed by atoms with van der Waals surface area (Å²) in [5.41, 5.74) is -0.0516. The fourth-order valence-corrected chi connectivity index (χ4v) is 2.14. The van der Waals surface area contributed by atoms with E-state index in [0.29, 0.717) is 6.04 Å². The highest BCUT2D eigenvalue weighted by Crippen LogP contribution is 2.21. The quantitative estimate of drug-likeness (QED) is 0.691. The van der Waals surface area contributed by atoms with Crippen molar-refractivity contribution < 1.29 is 9.90 Å². The van der Waals surface area contributed by atoms with Crippen LogP contribution in [0.1, 0.15) is 46.5 Å². The lowest BCUT2D eigenvalue weighted by Gasteiger charge is -2.31. The molecule has 0 radical (unpaired) electrons. The molecule has 16 heavy (non-hydrogen) atoms. The van der Waals surface area contributed by atoms with Gasteiger partial charge in [0.25, 0.3) is 0 Å². The highest BCUT2D eigenvalue weighted by molar-refractivity contribution is 5.65. The van der Waals surface area contributed by atoms with E-state index in [9.17, 15) is 4.79 Å². The van der Waals surface area contributed by atoms with Gasteiger partial charge in [-0.1, -0.05) is 33.6 Å². The molecule has 0 aromatic rings. The first-order chi connectivity index (χ1) is 7.39. The molecule has 94 valence electrons. The van der Waals surface area contributed by atoms with Crippen LogP contribution in [0, 0.1) is 5.41 Å². The summed E-state index contributed by atoms with van der Waals surface area (Å²) in [5.74, 6) is 0. The maximum Gasteiger partial charge on any atom is 0.404 e. The van der Waals surface area contributed by atoms with Crippen LogP contribution in [0.2, 0.25) is 0 Å². The van der Waals surface area contributed by atoms with Crippen LogP contribution in [-0.4, -0.2) is 29.8 Å². The van der Waals surface area contributed by atoms with Gasteiger partial charge in [-0.15, -0.1) is 0 Å². The third-order valence-electron chi connectivity index (χ3n) is 3.31. The lowest BCUT2D eigenvalue weighted by Crippen LogP contribution is -2.50. The fourth-order valence-electron chi connectivity index (χ4n) is 2.14. The molecular formula is C12H24N2O2. The van der Waals surface area contributed by atoms with Gasteiger partial charge in [0.1, 0.15) is 0 Å². The number of nitrogens with one attached hydrogen (secondary N) is 2. The van der Waals surface area contributed by atoms with Gasteiger partial charge in [-0.2, -0.15) is 0 Å². The van der Waals surface area contributed by atoms with E-state index in [1.165, 1.54) is 25.7 Å². The molecular weight excluding hydrogens is 204 g/mol. The van der Waals surface area contributed by atoms with Gasteiger partial charge in [0.2, 0.25) is 0 Å². The van der Waals surface area contributed by atoms with E-state index in [4.69, 9.17) is 5.11 Å². The van der Waals surface area contributed by atoms with Crippen LogP contribution in [-0.2, 0) is 0 Å². The molecule has 1 aliphatic carbocycles. The molecule has 1 fully saturated rings. The number of rotatable bonds is 4. The molecule has 1 rings (SSSR count). The van der Waals surface area contributed by atoms with Gasteiger partial charge in [-0.25, -0.2) is 4.79 Å². The average molecular weight is 228 g/mol. The van der Waals surface area contributed by atoms with E-state index in [2.05, 4.69) is 31.4 Å². The Balaban J connectivity index is 2.40. The molecule has 0 aromatic heterocycles. The summed E-state index contributed by atoms with van der Waals surface area (Å²) in [6.45, 7) is 6.90. The Bertz CT molecular complexity index is 230. The van der Waals surface area contributed by atoms with Crippen molar-refractivity contribution in [2.45, 2.75) is 58.5 Å². The maximum absolute atomic E-state index is 10.7. The van der Waals surface area contributed by atoms with Gasteiger partial charge in [0.15, 0.2) is 0 Å². The van der Waals surface area contributed by atoms with Crippen molar-refractivity contribution in [3.05, 3.63) is 0 Å². The minimum absolute atomic E-state index is 0.0365. The van der Waals surface area contributed by atoms with Crippen LogP contribution >= 0.6 is 0 Å². The summed E-state index contributed by atoms with van der Waals surface area (Å²) in [4.78, 5) is 10.7. The van der Waals surface area contributed by atoms with Gasteiger partial charge >= 0.3 is 6.09 Å². The molecule has 1 amide bonds. The minimum Gasteiger partial charge on any atom is -0.465 e. The first-order valence-electron chi connectivity index (χ1n) is 6.12. The Morgan fingerprint density at radius 3 is 2.38 bits per heavy atom. The molecule has 3 N–H and O–H groups in total. The summed E-state index contributed by atoms with van der Waals surface area (Å²) in [7, 11) is 0. The van der Waals surface area contributed by atoms with E-state index >= 15 is 0 Å². The van der Waals surface area contributed by atoms with E-state index in [0.717, 1.165) is 6.54 Å². The van der Waals surface area contributed by atoms with Crippen LogP contribution in [0.15, 0.2) is 0 Å². The second-order valence-corrected chi connectivity index (χ2v) is 5.76. The average Bonchev–Trinajstić information content (AvgIpc) is 2.62. The van der Waals surface area contributed by atoms with Crippen LogP contribution in [0.25, 0.3) is 0 Å². The van der Waals surface area contributed by atoms with Crippen molar-refractivity contribution >= 4 is 6.09 Å². The predicted octanol–water partition coefficient (Wildman–Crippen LogP) is 2.20. The van der Waals surface area contributed by atoms with Gasteiger partial charge < -0.3 is 15.7 Å². The first-order valence-corrected chi connectivity index (χ1v) is 6.12. The molecule has 1 unspecified atom stereocenters. The molecule has 0 aromatic carbocycles. The SMILES string of the molecule is CC(C)(C)C(CNC1CCCC1)NC(=O)O. The van der Waals surface area contributed by atoms with Gasteiger partial charge in [0, 0.05) is 18.6 Å². The summed E-state index contributed by atoms with van der Waals surface area (Å²) < 4.78 is 0. The van der Waals surface area contributed by atoms with E-state index in [1.54, 1.807) is 0 Å². The molecule has 1 aliphatic rings. The number of hydrogen-bond donors (Lipinski definition) is 3. The van der Waals surface area contributed by atoms with Crippen LogP contribution in [0.4, 0.5) is 4.79 Å². The van der Waals surface area contributed by atoms with E-state index in [1.807, 2.05) is 0 Å². The van der Waals surface area contributed by atoms with Crippen molar-refractivity contribution in [3.8, 4) is 0 Å². The summed E-state index contributed by atoms with van der Waals surface area (Å²) in [6.07, 6.45) is 4.11. The molecule has 0 heterocycles. The topological polar surface area (TPSA) is 61.4 Å². The third kappa shape index (κ3) is 4.39. The van der Waals surface area contributed by atoms with Gasteiger partial charge in [-0.3, -0.25) is 0 Å². The summed E-state index contributed by atoms with van der Waals surface area (Å²) >= 11 is 0. The third-order valence-corrected chi connectivity index (χ3v) is 3.31. The maximum atomic E-state index is 10.7. The number of hydrogen-bond acceptors (Lipinski definition) is 2. The highest BCUT2D eigenvalue weighted by atomic mass is 16.4. The van der Waals surface area contributed by atoms with Crippen LogP contribution < -0.4 is 10.6 Å². The smallest absolute Gasteiger partial charge is 0.404 e. The first kappa shape index (κ1) is 13.3. The number of amides is 1. The molecule has 0 bridgehead atoms. The van der Waals surface area contributed by atoms with Crippen LogP contribution in [0.3, 0.4) is 0 Å². The highest BCUT2D eigenvalue weighted by Gasteiger charge is 2.27. The Kier molecular flexibility index (Phi) is 4.59. The Morgan fingerprint density at radius 2 is 1.94 bits per heavy atom. The Hall–Kier alpha value is -0.770. The normalized spacial score (nSPS) is 19.7. The standard InChI is InChI=1S/C12H24N2O2/c1-12(2,3)10(14-11(15)16)8-13-9-6-4-5-7-9/h9-10,13-14H,4-8H2,1-3H3,(H,15,16). The number of carbonyl (C=O) groups is 1. The van der Waals surface area contributed by atoms with Crippen molar-refractivity contribution in [2.75, 3.05) is 6.54 Å². The Labute approximate surface area is 97.8 Å². The largest absolute Gasteiger partial charge is 0.465 e. The lowest BCUT2D eigenvalue weighted by atomic mass is 9.86. The van der Waals surface area contributed by atoms with Crippen LogP contribution in [0.5, 0.6) is 0 Å². The summed E-state index contributed by atoms with van der Waals surface area (Å²) in [6, 6.07) is 0.547. The zero-order valence-electron chi connectivity index (χ0n) is 10.5. The predicted molar refractivity (Wildman–Crippen MR) is 64.7 cm³/mol. The molecule has 0 saturated heterocycles. The molecule has 4 heteroatoms. The number of carboxylic acid groups (broad SMARTS) is 1. The lowest BCUT2D eigenvalue weighted by molar-refractivity contribution is 0.172. The van der Waals surface area contributed by atoms with E-state index < -0.39 is 6.09 Å². The van der Waals surface area contributed by atoms with Crippen molar-refractivity contribution in [1.29, 1.82) is 0 Å². The Morgan fingerprint density at radius 1 is 1.38 bits per heavy atom. The molecule has 4 nitrogen and oxygen atoms in total. The second-order valence-electron chi connectivity index (χ2n) is 5.76. The molecule has 1 atom stereocenters. The van der Waals surface area contributed by atoms with Gasteiger partial charge in [-0.05, 0) is 18.3 Å². The van der Waals surface area contributed by atoms with Crippen molar-refractivity contribution in [3.63, 3.8) is 0 Å². The zero-order chi connectivity index (χ0) is 12.2. The second kappa shape index (κ2) is 5.53. The molecule has 0 spiro atoms. The van der Waals surface area contributed by atoms with E-state index in [-0.39, 0.29) is 11.5 Å². The molecule has 1 saturated carbocycles. The van der Waals surface area contributed by atoms with Gasteiger partial charge in [0.05, 0.1) is 0 Å². The molecule has 0 aliphatic heterocycles. The van der Waals surface area contributed by atoms with Crippen molar-refractivity contribution in [2.24, 2.45) is 5.41 Å². The zero-order valence-corrected chi connectivity index (χ0v) is 10.5.